The SMILES string of the molecule is CCC1(C)CCN(C(=NC)NCC(=O)NCc2ccco2)C1.I. The Morgan fingerprint density at radius 2 is 2.26 bits per heavy atom. The zero-order valence-electron chi connectivity index (χ0n) is 14.1. The normalized spacial score (nSPS) is 21.0. The molecular weight excluding hydrogens is 407 g/mol. The molecule has 0 spiro atoms. The number of hydrogen-bond acceptors (Lipinski definition) is 3. The average molecular weight is 434 g/mol. The van der Waals surface area contributed by atoms with Gasteiger partial charge in [-0.15, -0.1) is 24.0 Å². The van der Waals surface area contributed by atoms with Crippen molar-refractivity contribution in [3.8, 4) is 0 Å². The van der Waals surface area contributed by atoms with Gasteiger partial charge in [-0.05, 0) is 30.4 Å². The molecule has 1 atom stereocenters. The van der Waals surface area contributed by atoms with E-state index in [2.05, 4.69) is 34.4 Å². The molecule has 2 N–H and O–H groups in total. The van der Waals surface area contributed by atoms with Crippen molar-refractivity contribution >= 4 is 35.8 Å². The van der Waals surface area contributed by atoms with E-state index >= 15 is 0 Å². The molecule has 130 valence electrons. The molecule has 1 aromatic rings. The second-order valence-corrected chi connectivity index (χ2v) is 6.09. The summed E-state index contributed by atoms with van der Waals surface area (Å²) in [5, 5.41) is 5.95. The Kier molecular flexibility index (Phi) is 7.87. The first-order valence-corrected chi connectivity index (χ1v) is 7.81. The number of aliphatic imine (C=N–C) groups is 1. The second kappa shape index (κ2) is 9.14. The third-order valence-electron chi connectivity index (χ3n) is 4.37. The zero-order chi connectivity index (χ0) is 16.0. The van der Waals surface area contributed by atoms with Crippen molar-refractivity contribution in [1.82, 2.24) is 15.5 Å². The molecule has 0 aliphatic carbocycles. The van der Waals surface area contributed by atoms with Crippen LogP contribution in [-0.2, 0) is 11.3 Å². The highest BCUT2D eigenvalue weighted by molar-refractivity contribution is 14.0. The van der Waals surface area contributed by atoms with E-state index in [1.165, 1.54) is 0 Å². The van der Waals surface area contributed by atoms with Crippen LogP contribution < -0.4 is 10.6 Å². The molecule has 1 aliphatic rings. The molecule has 2 rings (SSSR count). The number of likely N-dealkylation sites (tertiary alicyclic amines) is 1. The molecule has 0 radical (unpaired) electrons. The maximum atomic E-state index is 11.9. The van der Waals surface area contributed by atoms with Gasteiger partial charge in [-0.3, -0.25) is 9.79 Å². The highest BCUT2D eigenvalue weighted by Crippen LogP contribution is 2.32. The third kappa shape index (κ3) is 5.71. The van der Waals surface area contributed by atoms with E-state index in [0.29, 0.717) is 12.0 Å². The van der Waals surface area contributed by atoms with Crippen molar-refractivity contribution < 1.29 is 9.21 Å². The van der Waals surface area contributed by atoms with E-state index in [1.807, 2.05) is 6.07 Å². The van der Waals surface area contributed by atoms with Gasteiger partial charge in [0.05, 0.1) is 19.4 Å². The first-order chi connectivity index (χ1) is 10.6. The van der Waals surface area contributed by atoms with Crippen LogP contribution >= 0.6 is 24.0 Å². The molecule has 0 saturated carbocycles. The van der Waals surface area contributed by atoms with Crippen LogP contribution in [0.2, 0.25) is 0 Å². The highest BCUT2D eigenvalue weighted by Gasteiger charge is 2.33. The summed E-state index contributed by atoms with van der Waals surface area (Å²) in [6.07, 6.45) is 3.92. The molecule has 0 bridgehead atoms. The molecule has 1 unspecified atom stereocenters. The van der Waals surface area contributed by atoms with Crippen molar-refractivity contribution in [2.45, 2.75) is 33.2 Å². The highest BCUT2D eigenvalue weighted by atomic mass is 127. The van der Waals surface area contributed by atoms with Gasteiger partial charge in [-0.2, -0.15) is 0 Å². The summed E-state index contributed by atoms with van der Waals surface area (Å²) in [6, 6.07) is 3.64. The molecular formula is C16H27IN4O2. The van der Waals surface area contributed by atoms with Crippen molar-refractivity contribution in [2.24, 2.45) is 10.4 Å². The van der Waals surface area contributed by atoms with E-state index in [4.69, 9.17) is 4.42 Å². The Balaban J connectivity index is 0.00000264. The molecule has 2 heterocycles. The van der Waals surface area contributed by atoms with Gasteiger partial charge in [0, 0.05) is 20.1 Å². The van der Waals surface area contributed by atoms with Crippen LogP contribution in [0.25, 0.3) is 0 Å². The molecule has 0 aromatic carbocycles. The van der Waals surface area contributed by atoms with Gasteiger partial charge in [0.2, 0.25) is 5.91 Å². The predicted molar refractivity (Wildman–Crippen MR) is 102 cm³/mol. The van der Waals surface area contributed by atoms with Crippen LogP contribution in [-0.4, -0.2) is 43.4 Å². The monoisotopic (exact) mass is 434 g/mol. The molecule has 1 saturated heterocycles. The third-order valence-corrected chi connectivity index (χ3v) is 4.37. The summed E-state index contributed by atoms with van der Waals surface area (Å²) >= 11 is 0. The number of guanidine groups is 1. The van der Waals surface area contributed by atoms with Crippen LogP contribution in [0.1, 0.15) is 32.4 Å². The first kappa shape index (κ1) is 19.8. The van der Waals surface area contributed by atoms with E-state index < -0.39 is 0 Å². The lowest BCUT2D eigenvalue weighted by atomic mass is 9.87. The van der Waals surface area contributed by atoms with Gasteiger partial charge in [0.15, 0.2) is 5.96 Å². The number of furan rings is 1. The first-order valence-electron chi connectivity index (χ1n) is 7.81. The van der Waals surface area contributed by atoms with Crippen LogP contribution in [0.5, 0.6) is 0 Å². The fraction of sp³-hybridized carbons (Fsp3) is 0.625. The number of rotatable bonds is 5. The second-order valence-electron chi connectivity index (χ2n) is 6.09. The number of carbonyl (C=O) groups excluding carboxylic acids is 1. The summed E-state index contributed by atoms with van der Waals surface area (Å²) in [5.41, 5.74) is 0.346. The summed E-state index contributed by atoms with van der Waals surface area (Å²) in [7, 11) is 1.75. The molecule has 23 heavy (non-hydrogen) atoms. The van der Waals surface area contributed by atoms with Gasteiger partial charge >= 0.3 is 0 Å². The van der Waals surface area contributed by atoms with E-state index in [-0.39, 0.29) is 36.4 Å². The van der Waals surface area contributed by atoms with Gasteiger partial charge < -0.3 is 20.0 Å². The average Bonchev–Trinajstić information content (AvgIpc) is 3.16. The van der Waals surface area contributed by atoms with E-state index in [9.17, 15) is 4.79 Å². The Hall–Kier alpha value is -1.25. The molecule has 1 amide bonds. The fourth-order valence-electron chi connectivity index (χ4n) is 2.65. The van der Waals surface area contributed by atoms with E-state index in [1.54, 1.807) is 19.4 Å². The molecule has 6 nitrogen and oxygen atoms in total. The smallest absolute Gasteiger partial charge is 0.239 e. The van der Waals surface area contributed by atoms with Crippen LogP contribution in [0.3, 0.4) is 0 Å². The topological polar surface area (TPSA) is 69.9 Å². The molecule has 7 heteroatoms. The van der Waals surface area contributed by atoms with Gasteiger partial charge in [-0.25, -0.2) is 0 Å². The maximum Gasteiger partial charge on any atom is 0.239 e. The Morgan fingerprint density at radius 1 is 1.48 bits per heavy atom. The number of hydrogen-bond donors (Lipinski definition) is 2. The number of nitrogens with zero attached hydrogens (tertiary/aromatic N) is 2. The minimum Gasteiger partial charge on any atom is -0.467 e. The van der Waals surface area contributed by atoms with Crippen molar-refractivity contribution in [1.29, 1.82) is 0 Å². The van der Waals surface area contributed by atoms with Crippen molar-refractivity contribution in [2.75, 3.05) is 26.7 Å². The standard InChI is InChI=1S/C16H26N4O2.HI/c1-4-16(2)7-8-20(12-16)15(17-3)19-11-14(21)18-10-13-6-5-9-22-13;/h5-6,9H,4,7-8,10-12H2,1-3H3,(H,17,19)(H,18,21);1H. The lowest BCUT2D eigenvalue weighted by Gasteiger charge is -2.25. The Morgan fingerprint density at radius 3 is 2.83 bits per heavy atom. The van der Waals surface area contributed by atoms with Crippen LogP contribution in [0, 0.1) is 5.41 Å². The quantitative estimate of drug-likeness (QED) is 0.424. The molecule has 1 aromatic heterocycles. The Labute approximate surface area is 155 Å². The predicted octanol–water partition coefficient (Wildman–Crippen LogP) is 2.21. The lowest BCUT2D eigenvalue weighted by Crippen LogP contribution is -2.45. The summed E-state index contributed by atoms with van der Waals surface area (Å²) < 4.78 is 5.18. The lowest BCUT2D eigenvalue weighted by molar-refractivity contribution is -0.120. The van der Waals surface area contributed by atoms with Crippen LogP contribution in [0.4, 0.5) is 0 Å². The molecule has 1 fully saturated rings. The summed E-state index contributed by atoms with van der Waals surface area (Å²) in [6.45, 7) is 7.11. The van der Waals surface area contributed by atoms with Gasteiger partial charge in [0.25, 0.3) is 0 Å². The minimum absolute atomic E-state index is 0. The fourth-order valence-corrected chi connectivity index (χ4v) is 2.65. The largest absolute Gasteiger partial charge is 0.467 e. The van der Waals surface area contributed by atoms with E-state index in [0.717, 1.165) is 37.7 Å². The summed E-state index contributed by atoms with van der Waals surface area (Å²) in [5.74, 6) is 1.47. The van der Waals surface area contributed by atoms with Gasteiger partial charge in [-0.1, -0.05) is 13.8 Å². The number of amides is 1. The maximum absolute atomic E-state index is 11.9. The van der Waals surface area contributed by atoms with Crippen molar-refractivity contribution in [3.63, 3.8) is 0 Å². The van der Waals surface area contributed by atoms with Crippen LogP contribution in [0.15, 0.2) is 27.8 Å². The van der Waals surface area contributed by atoms with Crippen molar-refractivity contribution in [3.05, 3.63) is 24.2 Å². The minimum atomic E-state index is -0.0741. The number of carbonyl (C=O) groups is 1. The number of halogens is 1. The summed E-state index contributed by atoms with van der Waals surface area (Å²) in [4.78, 5) is 18.4. The Bertz CT molecular complexity index is 518. The zero-order valence-corrected chi connectivity index (χ0v) is 16.4. The number of nitrogens with one attached hydrogen (secondary N) is 2. The molecule has 1 aliphatic heterocycles. The van der Waals surface area contributed by atoms with Gasteiger partial charge in [0.1, 0.15) is 5.76 Å².